The molecule has 16 heavy (non-hydrogen) atoms. The second-order valence-corrected chi connectivity index (χ2v) is 4.87. The van der Waals surface area contributed by atoms with Crippen molar-refractivity contribution in [1.29, 1.82) is 0 Å². The van der Waals surface area contributed by atoms with E-state index in [0.717, 1.165) is 30.4 Å². The Morgan fingerprint density at radius 3 is 2.75 bits per heavy atom. The van der Waals surface area contributed by atoms with E-state index in [0.29, 0.717) is 6.42 Å². The van der Waals surface area contributed by atoms with Gasteiger partial charge in [-0.05, 0) is 30.9 Å². The first-order chi connectivity index (χ1) is 7.68. The molecule has 1 aromatic rings. The topological polar surface area (TPSA) is 26.0 Å². The Morgan fingerprint density at radius 1 is 1.31 bits per heavy atom. The van der Waals surface area contributed by atoms with Gasteiger partial charge in [0.15, 0.2) is 0 Å². The van der Waals surface area contributed by atoms with Gasteiger partial charge in [0.25, 0.3) is 0 Å². The fraction of sp³-hybridized carbons (Fsp3) is 0.571. The maximum Gasteiger partial charge on any atom is 0.107 e. The molecular formula is C14H20FN. The molecule has 2 heteroatoms. The quantitative estimate of drug-likeness (QED) is 0.809. The molecule has 1 saturated carbocycles. The van der Waals surface area contributed by atoms with Crippen molar-refractivity contribution >= 4 is 0 Å². The first-order valence-electron chi connectivity index (χ1n) is 6.18. The van der Waals surface area contributed by atoms with Crippen molar-refractivity contribution in [2.24, 2.45) is 5.73 Å². The Balaban J connectivity index is 2.21. The lowest BCUT2D eigenvalue weighted by Crippen LogP contribution is -2.19. The SMILES string of the molecule is CC(N)c1cccc(C2CCCCC2F)c1. The van der Waals surface area contributed by atoms with E-state index in [2.05, 4.69) is 6.07 Å². The average Bonchev–Trinajstić information content (AvgIpc) is 2.30. The van der Waals surface area contributed by atoms with Gasteiger partial charge in [-0.1, -0.05) is 37.1 Å². The van der Waals surface area contributed by atoms with Crippen LogP contribution in [0.5, 0.6) is 0 Å². The molecule has 1 aliphatic rings. The standard InChI is InChI=1S/C14H20FN/c1-10(16)11-5-4-6-12(9-11)13-7-2-3-8-14(13)15/h4-6,9-10,13-14H,2-3,7-8,16H2,1H3. The zero-order valence-corrected chi connectivity index (χ0v) is 9.83. The molecule has 0 aromatic heterocycles. The van der Waals surface area contributed by atoms with E-state index in [-0.39, 0.29) is 12.0 Å². The molecule has 1 aromatic carbocycles. The van der Waals surface area contributed by atoms with Gasteiger partial charge >= 0.3 is 0 Å². The van der Waals surface area contributed by atoms with Crippen LogP contribution in [-0.4, -0.2) is 6.17 Å². The molecule has 0 aliphatic heterocycles. The fourth-order valence-corrected chi connectivity index (χ4v) is 2.53. The van der Waals surface area contributed by atoms with Crippen LogP contribution in [0.1, 0.15) is 55.7 Å². The largest absolute Gasteiger partial charge is 0.324 e. The maximum absolute atomic E-state index is 13.8. The van der Waals surface area contributed by atoms with Crippen molar-refractivity contribution < 1.29 is 4.39 Å². The second-order valence-electron chi connectivity index (χ2n) is 4.87. The first kappa shape index (κ1) is 11.6. The monoisotopic (exact) mass is 221 g/mol. The Hall–Kier alpha value is -0.890. The Kier molecular flexibility index (Phi) is 3.59. The van der Waals surface area contributed by atoms with Crippen molar-refractivity contribution in [2.45, 2.75) is 50.7 Å². The summed E-state index contributed by atoms with van der Waals surface area (Å²) in [5.41, 5.74) is 8.09. The molecular weight excluding hydrogens is 201 g/mol. The predicted molar refractivity (Wildman–Crippen MR) is 65.1 cm³/mol. The third-order valence-corrected chi connectivity index (χ3v) is 3.55. The van der Waals surface area contributed by atoms with Gasteiger partial charge in [0, 0.05) is 12.0 Å². The summed E-state index contributed by atoms with van der Waals surface area (Å²) in [6.07, 6.45) is 3.20. The van der Waals surface area contributed by atoms with Crippen molar-refractivity contribution in [3.8, 4) is 0 Å². The van der Waals surface area contributed by atoms with Crippen LogP contribution >= 0.6 is 0 Å². The van der Waals surface area contributed by atoms with E-state index in [4.69, 9.17) is 5.73 Å². The minimum absolute atomic E-state index is 0.0293. The Labute approximate surface area is 96.9 Å². The second kappa shape index (κ2) is 4.96. The number of halogens is 1. The lowest BCUT2D eigenvalue weighted by molar-refractivity contribution is 0.216. The predicted octanol–water partition coefficient (Wildman–Crippen LogP) is 3.70. The molecule has 0 radical (unpaired) electrons. The van der Waals surface area contributed by atoms with Crippen LogP contribution in [0.3, 0.4) is 0 Å². The summed E-state index contributed by atoms with van der Waals surface area (Å²) in [4.78, 5) is 0. The zero-order chi connectivity index (χ0) is 11.5. The van der Waals surface area contributed by atoms with Crippen LogP contribution in [-0.2, 0) is 0 Å². The molecule has 1 aliphatic carbocycles. The summed E-state index contributed by atoms with van der Waals surface area (Å²) >= 11 is 0. The van der Waals surface area contributed by atoms with Crippen molar-refractivity contribution in [3.63, 3.8) is 0 Å². The van der Waals surface area contributed by atoms with Gasteiger partial charge in [0.1, 0.15) is 6.17 Å². The van der Waals surface area contributed by atoms with E-state index < -0.39 is 6.17 Å². The van der Waals surface area contributed by atoms with Gasteiger partial charge in [-0.25, -0.2) is 4.39 Å². The number of hydrogen-bond donors (Lipinski definition) is 1. The summed E-state index contributed by atoms with van der Waals surface area (Å²) in [5.74, 6) is 0.0902. The number of alkyl halides is 1. The highest BCUT2D eigenvalue weighted by Gasteiger charge is 2.26. The van der Waals surface area contributed by atoms with Crippen molar-refractivity contribution in [1.82, 2.24) is 0 Å². The van der Waals surface area contributed by atoms with Crippen LogP contribution < -0.4 is 5.73 Å². The third kappa shape index (κ3) is 2.43. The summed E-state index contributed by atoms with van der Waals surface area (Å²) in [5, 5.41) is 0. The molecule has 3 unspecified atom stereocenters. The van der Waals surface area contributed by atoms with Crippen LogP contribution in [0.15, 0.2) is 24.3 Å². The fourth-order valence-electron chi connectivity index (χ4n) is 2.53. The van der Waals surface area contributed by atoms with Crippen LogP contribution in [0.4, 0.5) is 4.39 Å². The summed E-state index contributed by atoms with van der Waals surface area (Å²) in [7, 11) is 0. The van der Waals surface area contributed by atoms with E-state index >= 15 is 0 Å². The highest BCUT2D eigenvalue weighted by atomic mass is 19.1. The summed E-state index contributed by atoms with van der Waals surface area (Å²) < 4.78 is 13.8. The average molecular weight is 221 g/mol. The summed E-state index contributed by atoms with van der Waals surface area (Å²) in [6.45, 7) is 1.97. The van der Waals surface area contributed by atoms with Gasteiger partial charge in [-0.2, -0.15) is 0 Å². The molecule has 1 nitrogen and oxygen atoms in total. The smallest absolute Gasteiger partial charge is 0.107 e. The normalized spacial score (nSPS) is 27.7. The molecule has 3 atom stereocenters. The highest BCUT2D eigenvalue weighted by molar-refractivity contribution is 5.29. The number of hydrogen-bond acceptors (Lipinski definition) is 1. The van der Waals surface area contributed by atoms with E-state index in [1.165, 1.54) is 0 Å². The number of nitrogens with two attached hydrogens (primary N) is 1. The van der Waals surface area contributed by atoms with Gasteiger partial charge in [0.2, 0.25) is 0 Å². The van der Waals surface area contributed by atoms with E-state index in [1.807, 2.05) is 25.1 Å². The molecule has 0 saturated heterocycles. The number of benzene rings is 1. The van der Waals surface area contributed by atoms with Gasteiger partial charge in [-0.15, -0.1) is 0 Å². The van der Waals surface area contributed by atoms with Crippen molar-refractivity contribution in [3.05, 3.63) is 35.4 Å². The Bertz CT molecular complexity index is 348. The van der Waals surface area contributed by atoms with Crippen LogP contribution in [0, 0.1) is 0 Å². The molecule has 0 amide bonds. The number of rotatable bonds is 2. The summed E-state index contributed by atoms with van der Waals surface area (Å²) in [6, 6.07) is 8.16. The molecule has 2 N–H and O–H groups in total. The lowest BCUT2D eigenvalue weighted by Gasteiger charge is -2.26. The molecule has 0 bridgehead atoms. The molecule has 1 fully saturated rings. The molecule has 2 rings (SSSR count). The minimum Gasteiger partial charge on any atom is -0.324 e. The molecule has 0 spiro atoms. The van der Waals surface area contributed by atoms with Gasteiger partial charge in [-0.3, -0.25) is 0 Å². The Morgan fingerprint density at radius 2 is 2.06 bits per heavy atom. The van der Waals surface area contributed by atoms with Crippen LogP contribution in [0.2, 0.25) is 0 Å². The van der Waals surface area contributed by atoms with Crippen molar-refractivity contribution in [2.75, 3.05) is 0 Å². The van der Waals surface area contributed by atoms with E-state index in [1.54, 1.807) is 0 Å². The lowest BCUT2D eigenvalue weighted by atomic mass is 9.82. The molecule has 0 heterocycles. The van der Waals surface area contributed by atoms with Gasteiger partial charge < -0.3 is 5.73 Å². The zero-order valence-electron chi connectivity index (χ0n) is 9.83. The van der Waals surface area contributed by atoms with Crippen LogP contribution in [0.25, 0.3) is 0 Å². The van der Waals surface area contributed by atoms with E-state index in [9.17, 15) is 4.39 Å². The maximum atomic E-state index is 13.8. The van der Waals surface area contributed by atoms with Gasteiger partial charge in [0.05, 0.1) is 0 Å². The molecule has 88 valence electrons. The highest BCUT2D eigenvalue weighted by Crippen LogP contribution is 2.35. The third-order valence-electron chi connectivity index (χ3n) is 3.55. The minimum atomic E-state index is -0.669. The first-order valence-corrected chi connectivity index (χ1v) is 6.18.